The summed E-state index contributed by atoms with van der Waals surface area (Å²) in [5.41, 5.74) is 9.18. The Morgan fingerprint density at radius 1 is 0.947 bits per heavy atom. The molecular formula is C12H10BN3O3. The molecule has 2 N–H and O–H groups in total. The van der Waals surface area contributed by atoms with E-state index in [1.165, 1.54) is 0 Å². The highest BCUT2D eigenvalue weighted by molar-refractivity contribution is 6.58. The summed E-state index contributed by atoms with van der Waals surface area (Å²) in [7, 11) is -1.49. The average Bonchev–Trinajstić information content (AvgIpc) is 2.42. The molecule has 0 aliphatic carbocycles. The molecule has 19 heavy (non-hydrogen) atoms. The molecule has 7 heteroatoms. The molecule has 0 aliphatic rings. The Labute approximate surface area is 109 Å². The zero-order valence-electron chi connectivity index (χ0n) is 9.84. The largest absolute Gasteiger partial charge is 0.488 e. The van der Waals surface area contributed by atoms with Gasteiger partial charge in [-0.2, -0.15) is 0 Å². The van der Waals surface area contributed by atoms with E-state index in [1.807, 2.05) is 0 Å². The lowest BCUT2D eigenvalue weighted by molar-refractivity contribution is 0.425. The predicted molar refractivity (Wildman–Crippen MR) is 71.6 cm³/mol. The quantitative estimate of drug-likeness (QED) is 0.378. The van der Waals surface area contributed by atoms with Gasteiger partial charge in [-0.05, 0) is 47.4 Å². The number of benzene rings is 2. The Kier molecular flexibility index (Phi) is 4.05. The van der Waals surface area contributed by atoms with Gasteiger partial charge in [-0.1, -0.05) is 17.2 Å². The lowest BCUT2D eigenvalue weighted by atomic mass is 9.80. The topological polar surface area (TPSA) is 98.5 Å². The predicted octanol–water partition coefficient (Wildman–Crippen LogP) is 2.10. The van der Waals surface area contributed by atoms with Gasteiger partial charge >= 0.3 is 7.12 Å². The summed E-state index contributed by atoms with van der Waals surface area (Å²) in [4.78, 5) is 2.68. The van der Waals surface area contributed by atoms with Gasteiger partial charge in [-0.3, -0.25) is 0 Å². The third kappa shape index (κ3) is 3.50. The van der Waals surface area contributed by atoms with Crippen LogP contribution < -0.4 is 10.2 Å². The number of nitrogens with zero attached hydrogens (tertiary/aromatic N) is 3. The molecule has 0 unspecified atom stereocenters. The van der Waals surface area contributed by atoms with E-state index in [1.54, 1.807) is 48.5 Å². The zero-order chi connectivity index (χ0) is 13.7. The van der Waals surface area contributed by atoms with Crippen LogP contribution in [0.4, 0.5) is 5.69 Å². The third-order valence-corrected chi connectivity index (χ3v) is 2.41. The van der Waals surface area contributed by atoms with Gasteiger partial charge in [0.25, 0.3) is 0 Å². The molecule has 0 saturated carbocycles. The second-order valence-corrected chi connectivity index (χ2v) is 3.73. The van der Waals surface area contributed by atoms with Crippen molar-refractivity contribution in [1.29, 1.82) is 0 Å². The minimum atomic E-state index is -1.49. The Bertz CT molecular complexity index is 593. The number of hydrogen-bond acceptors (Lipinski definition) is 4. The van der Waals surface area contributed by atoms with Crippen molar-refractivity contribution in [2.24, 2.45) is 5.11 Å². The first-order valence-corrected chi connectivity index (χ1v) is 5.48. The first kappa shape index (κ1) is 13.0. The van der Waals surface area contributed by atoms with Gasteiger partial charge in [-0.25, -0.2) is 0 Å². The van der Waals surface area contributed by atoms with Gasteiger partial charge < -0.3 is 14.8 Å². The molecular weight excluding hydrogens is 245 g/mol. The summed E-state index contributed by atoms with van der Waals surface area (Å²) in [6.07, 6.45) is 0. The Morgan fingerprint density at radius 3 is 1.95 bits per heavy atom. The first-order chi connectivity index (χ1) is 9.19. The zero-order valence-corrected chi connectivity index (χ0v) is 9.84. The molecule has 0 radical (unpaired) electrons. The molecule has 0 spiro atoms. The number of rotatable bonds is 4. The molecule has 2 aromatic rings. The van der Waals surface area contributed by atoms with Gasteiger partial charge in [-0.15, -0.1) is 0 Å². The highest BCUT2D eigenvalue weighted by atomic mass is 16.5. The highest BCUT2D eigenvalue weighted by Crippen LogP contribution is 2.23. The van der Waals surface area contributed by atoms with Crippen LogP contribution in [0.15, 0.2) is 53.6 Å². The molecule has 0 amide bonds. The Balaban J connectivity index is 2.10. The first-order valence-electron chi connectivity index (χ1n) is 5.48. The molecule has 0 heterocycles. The molecule has 94 valence electrons. The molecule has 0 saturated heterocycles. The minimum Gasteiger partial charge on any atom is -0.457 e. The van der Waals surface area contributed by atoms with E-state index >= 15 is 0 Å². The fourth-order valence-corrected chi connectivity index (χ4v) is 1.48. The van der Waals surface area contributed by atoms with E-state index in [9.17, 15) is 0 Å². The normalized spacial score (nSPS) is 9.58. The summed E-state index contributed by atoms with van der Waals surface area (Å²) in [5.74, 6) is 1.16. The van der Waals surface area contributed by atoms with Crippen molar-refractivity contribution in [2.75, 3.05) is 0 Å². The second kappa shape index (κ2) is 5.93. The van der Waals surface area contributed by atoms with Crippen LogP contribution in [0.3, 0.4) is 0 Å². The SMILES string of the molecule is [N-]=[N+]=Nc1ccc(Oc2ccc(B(O)O)cc2)cc1. The summed E-state index contributed by atoms with van der Waals surface area (Å²) in [5, 5.41) is 21.4. The van der Waals surface area contributed by atoms with Gasteiger partial charge in [0.05, 0.1) is 0 Å². The fourth-order valence-electron chi connectivity index (χ4n) is 1.48. The standard InChI is InChI=1S/C12H10BN3O3/c14-16-15-10-3-7-12(8-4-10)19-11-5-1-9(2-6-11)13(17)18/h1-8,17-18H. The van der Waals surface area contributed by atoms with Crippen molar-refractivity contribution < 1.29 is 14.8 Å². The van der Waals surface area contributed by atoms with Gasteiger partial charge in [0, 0.05) is 10.6 Å². The monoisotopic (exact) mass is 255 g/mol. The van der Waals surface area contributed by atoms with Gasteiger partial charge in [0.15, 0.2) is 0 Å². The lowest BCUT2D eigenvalue weighted by Gasteiger charge is -2.06. The maximum absolute atomic E-state index is 8.96. The van der Waals surface area contributed by atoms with Crippen molar-refractivity contribution >= 4 is 18.3 Å². The molecule has 0 fully saturated rings. The van der Waals surface area contributed by atoms with Crippen molar-refractivity contribution in [1.82, 2.24) is 0 Å². The molecule has 0 aromatic heterocycles. The molecule has 2 rings (SSSR count). The fraction of sp³-hybridized carbons (Fsp3) is 0. The summed E-state index contributed by atoms with van der Waals surface area (Å²) >= 11 is 0. The van der Waals surface area contributed by atoms with Crippen LogP contribution in [0.1, 0.15) is 0 Å². The van der Waals surface area contributed by atoms with Crippen molar-refractivity contribution in [3.63, 3.8) is 0 Å². The van der Waals surface area contributed by atoms with Crippen molar-refractivity contribution in [3.8, 4) is 11.5 Å². The van der Waals surface area contributed by atoms with Crippen LogP contribution in [0.2, 0.25) is 0 Å². The average molecular weight is 255 g/mol. The lowest BCUT2D eigenvalue weighted by Crippen LogP contribution is -2.29. The second-order valence-electron chi connectivity index (χ2n) is 3.73. The maximum atomic E-state index is 8.96. The maximum Gasteiger partial charge on any atom is 0.488 e. The van der Waals surface area contributed by atoms with Crippen molar-refractivity contribution in [3.05, 3.63) is 59.0 Å². The summed E-state index contributed by atoms with van der Waals surface area (Å²) in [6, 6.07) is 13.0. The number of ether oxygens (including phenoxy) is 1. The summed E-state index contributed by atoms with van der Waals surface area (Å²) in [6.45, 7) is 0. The van der Waals surface area contributed by atoms with E-state index in [0.29, 0.717) is 22.6 Å². The molecule has 2 aromatic carbocycles. The van der Waals surface area contributed by atoms with Crippen LogP contribution in [0, 0.1) is 0 Å². The van der Waals surface area contributed by atoms with Gasteiger partial charge in [0.2, 0.25) is 0 Å². The Morgan fingerprint density at radius 2 is 1.47 bits per heavy atom. The van der Waals surface area contributed by atoms with Gasteiger partial charge in [0.1, 0.15) is 11.5 Å². The highest BCUT2D eigenvalue weighted by Gasteiger charge is 2.09. The van der Waals surface area contributed by atoms with Crippen LogP contribution in [-0.2, 0) is 0 Å². The molecule has 0 bridgehead atoms. The smallest absolute Gasteiger partial charge is 0.457 e. The summed E-state index contributed by atoms with van der Waals surface area (Å²) < 4.78 is 5.55. The van der Waals surface area contributed by atoms with Crippen LogP contribution in [-0.4, -0.2) is 17.2 Å². The minimum absolute atomic E-state index is 0.394. The number of hydrogen-bond donors (Lipinski definition) is 2. The Hall–Kier alpha value is -2.47. The van der Waals surface area contributed by atoms with Crippen LogP contribution in [0.5, 0.6) is 11.5 Å². The third-order valence-electron chi connectivity index (χ3n) is 2.41. The molecule has 0 aliphatic heterocycles. The van der Waals surface area contributed by atoms with Crippen molar-refractivity contribution in [2.45, 2.75) is 0 Å². The van der Waals surface area contributed by atoms with E-state index in [0.717, 1.165) is 0 Å². The molecule has 0 atom stereocenters. The molecule has 6 nitrogen and oxygen atoms in total. The van der Waals surface area contributed by atoms with Crippen LogP contribution in [0.25, 0.3) is 10.4 Å². The van der Waals surface area contributed by atoms with E-state index < -0.39 is 7.12 Å². The van der Waals surface area contributed by atoms with E-state index in [-0.39, 0.29) is 0 Å². The van der Waals surface area contributed by atoms with Crippen LogP contribution >= 0.6 is 0 Å². The van der Waals surface area contributed by atoms with E-state index in [4.69, 9.17) is 20.3 Å². The van der Waals surface area contributed by atoms with E-state index in [2.05, 4.69) is 10.0 Å². The number of azide groups is 1.